The van der Waals surface area contributed by atoms with E-state index in [1.807, 2.05) is 44.4 Å². The topological polar surface area (TPSA) is 42.4 Å². The number of nitrogens with one attached hydrogen (secondary N) is 2. The number of anilines is 4. The van der Waals surface area contributed by atoms with E-state index in [1.165, 1.54) is 6.21 Å². The lowest BCUT2D eigenvalue weighted by Crippen LogP contribution is -2.21. The van der Waals surface area contributed by atoms with Crippen molar-refractivity contribution in [2.45, 2.75) is 0 Å². The summed E-state index contributed by atoms with van der Waals surface area (Å²) in [6.45, 7) is 4.19. The smallest absolute Gasteiger partial charge is 0.110 e. The second-order valence-electron chi connectivity index (χ2n) is 4.93. The van der Waals surface area contributed by atoms with Gasteiger partial charge in [-0.2, -0.15) is 0 Å². The highest BCUT2D eigenvalue weighted by atomic mass is 15.4. The van der Waals surface area contributed by atoms with Crippen molar-refractivity contribution < 1.29 is 0 Å². The normalized spacial score (nSPS) is 13.3. The molecular weight excluding hydrogens is 260 g/mol. The molecule has 0 amide bonds. The first-order valence-corrected chi connectivity index (χ1v) is 6.82. The second kappa shape index (κ2) is 4.98. The number of hydrogen-bond donors (Lipinski definition) is 2. The van der Waals surface area contributed by atoms with Gasteiger partial charge in [-0.3, -0.25) is 4.90 Å². The highest BCUT2D eigenvalue weighted by Crippen LogP contribution is 2.45. The zero-order valence-electron chi connectivity index (χ0n) is 12.2. The summed E-state index contributed by atoms with van der Waals surface area (Å²) in [5.41, 5.74) is 4.95. The average molecular weight is 278 g/mol. The Morgan fingerprint density at radius 2 is 1.71 bits per heavy atom. The van der Waals surface area contributed by atoms with Crippen molar-refractivity contribution >= 4 is 29.0 Å². The molecule has 2 N–H and O–H groups in total. The molecular formula is C17H18N4. The van der Waals surface area contributed by atoms with E-state index >= 15 is 0 Å². The molecule has 4 nitrogen and oxygen atoms in total. The van der Waals surface area contributed by atoms with Gasteiger partial charge in [0.1, 0.15) is 5.82 Å². The van der Waals surface area contributed by atoms with E-state index in [1.54, 1.807) is 0 Å². The van der Waals surface area contributed by atoms with Crippen LogP contribution in [0.1, 0.15) is 5.56 Å². The fourth-order valence-electron chi connectivity index (χ4n) is 2.75. The van der Waals surface area contributed by atoms with Crippen LogP contribution in [0.4, 0.5) is 22.7 Å². The molecule has 2 aromatic rings. The Morgan fingerprint density at radius 3 is 2.38 bits per heavy atom. The van der Waals surface area contributed by atoms with Gasteiger partial charge in [0, 0.05) is 31.6 Å². The summed E-state index contributed by atoms with van der Waals surface area (Å²) in [6.07, 6.45) is 1.38. The Balaban J connectivity index is 2.22. The summed E-state index contributed by atoms with van der Waals surface area (Å²) in [7, 11) is 3.87. The Bertz CT molecular complexity index is 720. The highest BCUT2D eigenvalue weighted by molar-refractivity contribution is 5.99. The lowest BCUT2D eigenvalue weighted by atomic mass is 10.1. The summed E-state index contributed by atoms with van der Waals surface area (Å²) in [5.74, 6) is 0.882. The molecule has 106 valence electrons. The Morgan fingerprint density at radius 1 is 1.05 bits per heavy atom. The zero-order chi connectivity index (χ0) is 15.0. The molecule has 21 heavy (non-hydrogen) atoms. The number of hydrogen-bond acceptors (Lipinski definition) is 4. The first-order valence-electron chi connectivity index (χ1n) is 6.82. The molecule has 0 bridgehead atoms. The van der Waals surface area contributed by atoms with Gasteiger partial charge in [0.2, 0.25) is 0 Å². The van der Waals surface area contributed by atoms with Gasteiger partial charge < -0.3 is 15.6 Å². The van der Waals surface area contributed by atoms with Crippen LogP contribution in [-0.4, -0.2) is 20.3 Å². The van der Waals surface area contributed by atoms with Crippen LogP contribution < -0.4 is 15.1 Å². The molecule has 0 aliphatic carbocycles. The van der Waals surface area contributed by atoms with Crippen LogP contribution >= 0.6 is 0 Å². The number of para-hydroxylation sites is 2. The quantitative estimate of drug-likeness (QED) is 0.839. The third-order valence-electron chi connectivity index (χ3n) is 3.87. The standard InChI is InChI=1S/C17H18N4/c1-12-20(3)16-8-4-5-9-17(16)21(12)15-10-6-7-14(19-2)13(15)11-18/h4-11,18-19H,1H2,2-3H3. The third kappa shape index (κ3) is 1.88. The maximum Gasteiger partial charge on any atom is 0.110 e. The molecule has 0 aromatic heterocycles. The van der Waals surface area contributed by atoms with Gasteiger partial charge in [-0.15, -0.1) is 0 Å². The molecule has 0 unspecified atom stereocenters. The Hall–Kier alpha value is -2.75. The number of rotatable bonds is 3. The fourth-order valence-corrected chi connectivity index (χ4v) is 2.75. The van der Waals surface area contributed by atoms with Crippen molar-refractivity contribution in [3.05, 3.63) is 60.4 Å². The van der Waals surface area contributed by atoms with Crippen molar-refractivity contribution in [2.24, 2.45) is 0 Å². The second-order valence-corrected chi connectivity index (χ2v) is 4.93. The summed E-state index contributed by atoms with van der Waals surface area (Å²) in [4.78, 5) is 4.16. The molecule has 0 saturated heterocycles. The maximum atomic E-state index is 7.76. The van der Waals surface area contributed by atoms with Crippen LogP contribution in [0.2, 0.25) is 0 Å². The molecule has 4 heteroatoms. The van der Waals surface area contributed by atoms with Gasteiger partial charge in [-0.1, -0.05) is 24.8 Å². The molecule has 0 spiro atoms. The average Bonchev–Trinajstić information content (AvgIpc) is 2.78. The van der Waals surface area contributed by atoms with Gasteiger partial charge >= 0.3 is 0 Å². The largest absolute Gasteiger partial charge is 0.388 e. The van der Waals surface area contributed by atoms with Crippen LogP contribution in [0.3, 0.4) is 0 Å². The van der Waals surface area contributed by atoms with Crippen molar-refractivity contribution in [3.63, 3.8) is 0 Å². The number of fused-ring (bicyclic) bond motifs is 1. The molecule has 0 atom stereocenters. The SMILES string of the molecule is C=C1N(C)c2ccccc2N1c1cccc(NC)c1C=N. The van der Waals surface area contributed by atoms with E-state index in [0.29, 0.717) is 0 Å². The van der Waals surface area contributed by atoms with E-state index in [4.69, 9.17) is 5.41 Å². The van der Waals surface area contributed by atoms with Crippen LogP contribution in [0.5, 0.6) is 0 Å². The van der Waals surface area contributed by atoms with Crippen molar-refractivity contribution in [1.29, 1.82) is 5.41 Å². The minimum Gasteiger partial charge on any atom is -0.388 e. The predicted octanol–water partition coefficient (Wildman–Crippen LogP) is 3.79. The maximum absolute atomic E-state index is 7.76. The predicted molar refractivity (Wildman–Crippen MR) is 90.0 cm³/mol. The molecule has 0 saturated carbocycles. The molecule has 1 heterocycles. The lowest BCUT2D eigenvalue weighted by Gasteiger charge is -2.24. The van der Waals surface area contributed by atoms with E-state index in [2.05, 4.69) is 33.8 Å². The molecule has 1 aliphatic heterocycles. The monoisotopic (exact) mass is 278 g/mol. The van der Waals surface area contributed by atoms with Gasteiger partial charge in [-0.25, -0.2) is 0 Å². The van der Waals surface area contributed by atoms with Gasteiger partial charge in [0.25, 0.3) is 0 Å². The summed E-state index contributed by atoms with van der Waals surface area (Å²) in [5, 5.41) is 10.9. The molecule has 2 aromatic carbocycles. The van der Waals surface area contributed by atoms with Crippen LogP contribution in [-0.2, 0) is 0 Å². The summed E-state index contributed by atoms with van der Waals surface area (Å²) >= 11 is 0. The lowest BCUT2D eigenvalue weighted by molar-refractivity contribution is 1.09. The van der Waals surface area contributed by atoms with Crippen LogP contribution in [0.25, 0.3) is 0 Å². The first kappa shape index (κ1) is 13.2. The van der Waals surface area contributed by atoms with E-state index in [-0.39, 0.29) is 0 Å². The summed E-state index contributed by atoms with van der Waals surface area (Å²) in [6, 6.07) is 14.2. The van der Waals surface area contributed by atoms with Crippen molar-refractivity contribution in [1.82, 2.24) is 0 Å². The molecule has 1 aliphatic rings. The number of nitrogens with zero attached hydrogens (tertiary/aromatic N) is 2. The van der Waals surface area contributed by atoms with E-state index < -0.39 is 0 Å². The highest BCUT2D eigenvalue weighted by Gasteiger charge is 2.29. The van der Waals surface area contributed by atoms with E-state index in [9.17, 15) is 0 Å². The minimum atomic E-state index is 0.853. The first-order chi connectivity index (χ1) is 10.2. The number of benzene rings is 2. The van der Waals surface area contributed by atoms with Crippen LogP contribution in [0.15, 0.2) is 54.9 Å². The van der Waals surface area contributed by atoms with E-state index in [0.717, 1.165) is 34.1 Å². The zero-order valence-corrected chi connectivity index (χ0v) is 12.2. The van der Waals surface area contributed by atoms with Gasteiger partial charge in [-0.05, 0) is 24.3 Å². The fraction of sp³-hybridized carbons (Fsp3) is 0.118. The van der Waals surface area contributed by atoms with Gasteiger partial charge in [0.15, 0.2) is 0 Å². The van der Waals surface area contributed by atoms with Crippen molar-refractivity contribution in [2.75, 3.05) is 29.2 Å². The minimum absolute atomic E-state index is 0.853. The van der Waals surface area contributed by atoms with Crippen LogP contribution in [0, 0.1) is 5.41 Å². The molecule has 3 rings (SSSR count). The Labute approximate surface area is 124 Å². The summed E-state index contributed by atoms with van der Waals surface area (Å²) < 4.78 is 0. The molecule has 0 radical (unpaired) electrons. The van der Waals surface area contributed by atoms with Gasteiger partial charge in [0.05, 0.1) is 17.1 Å². The third-order valence-corrected chi connectivity index (χ3v) is 3.87. The Kier molecular flexibility index (Phi) is 3.14. The molecule has 0 fully saturated rings. The van der Waals surface area contributed by atoms with Crippen molar-refractivity contribution in [3.8, 4) is 0 Å².